The van der Waals surface area contributed by atoms with Gasteiger partial charge in [0.1, 0.15) is 0 Å². The van der Waals surface area contributed by atoms with Crippen molar-refractivity contribution in [1.82, 2.24) is 19.9 Å². The van der Waals surface area contributed by atoms with Crippen LogP contribution in [0.5, 0.6) is 0 Å². The maximum atomic E-state index is 12.1. The number of aromatic nitrogens is 2. The zero-order valence-electron chi connectivity index (χ0n) is 15.0. The van der Waals surface area contributed by atoms with Crippen molar-refractivity contribution in [2.45, 2.75) is 26.8 Å². The molecule has 7 nitrogen and oxygen atoms in total. The Hall–Kier alpha value is -1.45. The highest BCUT2D eigenvalue weighted by Gasteiger charge is 2.22. The van der Waals surface area contributed by atoms with Gasteiger partial charge in [-0.2, -0.15) is 4.98 Å². The minimum Gasteiger partial charge on any atom is -0.449 e. The van der Waals surface area contributed by atoms with Crippen molar-refractivity contribution < 1.29 is 14.1 Å². The fourth-order valence-electron chi connectivity index (χ4n) is 2.68. The first-order valence-electron chi connectivity index (χ1n) is 8.72. The zero-order valence-corrected chi connectivity index (χ0v) is 17.4. The van der Waals surface area contributed by atoms with Crippen LogP contribution in [0.2, 0.25) is 0 Å². The standard InChI is InChI=1S/C17H23BrN4O3S/c1-12(2)10-24-17(23)22-5-3-4-21(6-7-22)9-15-19-16(20-25-15)14-8-13(18)11-26-14/h8,11-12H,3-7,9-10H2,1-2H3. The number of carbonyl (C=O) groups excluding carboxylic acids is 1. The minimum absolute atomic E-state index is 0.219. The van der Waals surface area contributed by atoms with Crippen LogP contribution in [0.3, 0.4) is 0 Å². The fourth-order valence-corrected chi connectivity index (χ4v) is 4.03. The van der Waals surface area contributed by atoms with Gasteiger partial charge in [-0.05, 0) is 34.3 Å². The summed E-state index contributed by atoms with van der Waals surface area (Å²) in [7, 11) is 0. The Morgan fingerprint density at radius 3 is 2.96 bits per heavy atom. The Labute approximate surface area is 165 Å². The molecule has 0 N–H and O–H groups in total. The van der Waals surface area contributed by atoms with E-state index in [9.17, 15) is 4.79 Å². The topological polar surface area (TPSA) is 71.7 Å². The lowest BCUT2D eigenvalue weighted by Gasteiger charge is -2.21. The molecule has 0 aromatic carbocycles. The molecular weight excluding hydrogens is 420 g/mol. The summed E-state index contributed by atoms with van der Waals surface area (Å²) < 4.78 is 11.7. The Balaban J connectivity index is 1.52. The second kappa shape index (κ2) is 8.96. The van der Waals surface area contributed by atoms with Crippen LogP contribution in [0.15, 0.2) is 20.4 Å². The molecule has 0 spiro atoms. The monoisotopic (exact) mass is 442 g/mol. The first kappa shape index (κ1) is 19.3. The number of nitrogens with zero attached hydrogens (tertiary/aromatic N) is 4. The molecule has 0 unspecified atom stereocenters. The first-order valence-corrected chi connectivity index (χ1v) is 10.4. The van der Waals surface area contributed by atoms with E-state index >= 15 is 0 Å². The molecule has 3 heterocycles. The van der Waals surface area contributed by atoms with Crippen LogP contribution in [0.25, 0.3) is 10.7 Å². The van der Waals surface area contributed by atoms with Crippen molar-refractivity contribution in [2.75, 3.05) is 32.8 Å². The molecule has 0 aliphatic carbocycles. The quantitative estimate of drug-likeness (QED) is 0.699. The lowest BCUT2D eigenvalue weighted by Crippen LogP contribution is -2.36. The molecule has 142 valence electrons. The molecule has 1 fully saturated rings. The molecule has 0 saturated carbocycles. The first-order chi connectivity index (χ1) is 12.5. The van der Waals surface area contributed by atoms with Crippen LogP contribution < -0.4 is 0 Å². The Morgan fingerprint density at radius 1 is 1.38 bits per heavy atom. The summed E-state index contributed by atoms with van der Waals surface area (Å²) in [5, 5.41) is 6.06. The second-order valence-electron chi connectivity index (χ2n) is 6.73. The van der Waals surface area contributed by atoms with Gasteiger partial charge in [0.05, 0.1) is 18.0 Å². The van der Waals surface area contributed by atoms with Crippen molar-refractivity contribution in [1.29, 1.82) is 0 Å². The van der Waals surface area contributed by atoms with E-state index in [-0.39, 0.29) is 6.09 Å². The SMILES string of the molecule is CC(C)COC(=O)N1CCCN(Cc2nc(-c3cc(Br)cs3)no2)CC1. The van der Waals surface area contributed by atoms with Crippen molar-refractivity contribution in [3.63, 3.8) is 0 Å². The van der Waals surface area contributed by atoms with Gasteiger partial charge < -0.3 is 14.2 Å². The lowest BCUT2D eigenvalue weighted by atomic mass is 10.2. The van der Waals surface area contributed by atoms with Crippen LogP contribution in [0.1, 0.15) is 26.2 Å². The van der Waals surface area contributed by atoms with Crippen LogP contribution in [-0.4, -0.2) is 58.8 Å². The molecule has 9 heteroatoms. The van der Waals surface area contributed by atoms with E-state index in [1.165, 1.54) is 0 Å². The Morgan fingerprint density at radius 2 is 2.23 bits per heavy atom. The van der Waals surface area contributed by atoms with Gasteiger partial charge in [-0.3, -0.25) is 4.90 Å². The van der Waals surface area contributed by atoms with E-state index < -0.39 is 0 Å². The van der Waals surface area contributed by atoms with Crippen LogP contribution in [0, 0.1) is 5.92 Å². The number of halogens is 1. The lowest BCUT2D eigenvalue weighted by molar-refractivity contribution is 0.0928. The summed E-state index contributed by atoms with van der Waals surface area (Å²) >= 11 is 5.01. The average molecular weight is 443 g/mol. The summed E-state index contributed by atoms with van der Waals surface area (Å²) in [6.45, 7) is 8.13. The van der Waals surface area contributed by atoms with Gasteiger partial charge in [-0.15, -0.1) is 11.3 Å². The average Bonchev–Trinajstić information content (AvgIpc) is 3.17. The summed E-state index contributed by atoms with van der Waals surface area (Å²) in [4.78, 5) is 21.6. The minimum atomic E-state index is -0.219. The number of thiophene rings is 1. The third-order valence-electron chi connectivity index (χ3n) is 4.00. The second-order valence-corrected chi connectivity index (χ2v) is 8.56. The summed E-state index contributed by atoms with van der Waals surface area (Å²) in [6, 6.07) is 1.98. The number of hydrogen-bond donors (Lipinski definition) is 0. The van der Waals surface area contributed by atoms with Gasteiger partial charge in [-0.25, -0.2) is 4.79 Å². The van der Waals surface area contributed by atoms with E-state index in [4.69, 9.17) is 9.26 Å². The number of carbonyl (C=O) groups is 1. The van der Waals surface area contributed by atoms with Crippen LogP contribution >= 0.6 is 27.3 Å². The molecule has 0 atom stereocenters. The molecular formula is C17H23BrN4O3S. The number of hydrogen-bond acceptors (Lipinski definition) is 7. The molecule has 26 heavy (non-hydrogen) atoms. The predicted octanol–water partition coefficient (Wildman–Crippen LogP) is 3.86. The third-order valence-corrected chi connectivity index (χ3v) is 5.69. The number of rotatable bonds is 5. The largest absolute Gasteiger partial charge is 0.449 e. The Kier molecular flexibility index (Phi) is 6.66. The van der Waals surface area contributed by atoms with E-state index in [0.717, 1.165) is 28.9 Å². The molecule has 0 bridgehead atoms. The molecule has 1 aliphatic heterocycles. The molecule has 0 radical (unpaired) electrons. The molecule has 3 rings (SSSR count). The maximum absolute atomic E-state index is 12.1. The van der Waals surface area contributed by atoms with Crippen molar-refractivity contribution in [3.8, 4) is 10.7 Å². The fraction of sp³-hybridized carbons (Fsp3) is 0.588. The smallest absolute Gasteiger partial charge is 0.409 e. The highest BCUT2D eigenvalue weighted by atomic mass is 79.9. The summed E-state index contributed by atoms with van der Waals surface area (Å²) in [5.74, 6) is 1.56. The Bertz CT molecular complexity index is 733. The third kappa shape index (κ3) is 5.28. The van der Waals surface area contributed by atoms with Gasteiger partial charge >= 0.3 is 6.09 Å². The highest BCUT2D eigenvalue weighted by Crippen LogP contribution is 2.27. The predicted molar refractivity (Wildman–Crippen MR) is 103 cm³/mol. The van der Waals surface area contributed by atoms with E-state index in [1.807, 2.05) is 25.3 Å². The number of ether oxygens (including phenoxy) is 1. The molecule has 1 saturated heterocycles. The van der Waals surface area contributed by atoms with Gasteiger partial charge in [0, 0.05) is 36.0 Å². The van der Waals surface area contributed by atoms with Gasteiger partial charge in [0.25, 0.3) is 0 Å². The highest BCUT2D eigenvalue weighted by molar-refractivity contribution is 9.10. The molecule has 2 aromatic heterocycles. The summed E-state index contributed by atoms with van der Waals surface area (Å²) in [5.41, 5.74) is 0. The van der Waals surface area contributed by atoms with E-state index in [2.05, 4.69) is 31.0 Å². The van der Waals surface area contributed by atoms with E-state index in [1.54, 1.807) is 16.2 Å². The maximum Gasteiger partial charge on any atom is 0.409 e. The van der Waals surface area contributed by atoms with Crippen molar-refractivity contribution in [3.05, 3.63) is 21.8 Å². The van der Waals surface area contributed by atoms with Gasteiger partial charge in [0.2, 0.25) is 11.7 Å². The molecule has 2 aromatic rings. The van der Waals surface area contributed by atoms with Crippen molar-refractivity contribution in [2.24, 2.45) is 5.92 Å². The number of amides is 1. The molecule has 1 aliphatic rings. The van der Waals surface area contributed by atoms with Crippen molar-refractivity contribution >= 4 is 33.4 Å². The van der Waals surface area contributed by atoms with Crippen LogP contribution in [-0.2, 0) is 11.3 Å². The van der Waals surface area contributed by atoms with Crippen LogP contribution in [0.4, 0.5) is 4.79 Å². The normalized spacial score (nSPS) is 16.1. The zero-order chi connectivity index (χ0) is 18.5. The van der Waals surface area contributed by atoms with Gasteiger partial charge in [-0.1, -0.05) is 19.0 Å². The molecule has 1 amide bonds. The van der Waals surface area contributed by atoms with Gasteiger partial charge in [0.15, 0.2) is 0 Å². The van der Waals surface area contributed by atoms with E-state index in [0.29, 0.717) is 43.9 Å². The summed E-state index contributed by atoms with van der Waals surface area (Å²) in [6.07, 6.45) is 0.680.